The molecular formula is C22H24O3Si. The minimum atomic E-state index is -2.96. The van der Waals surface area contributed by atoms with Crippen LogP contribution in [0.25, 0.3) is 32.3 Å². The van der Waals surface area contributed by atoms with Gasteiger partial charge in [0.05, 0.1) is 0 Å². The lowest BCUT2D eigenvalue weighted by atomic mass is 9.94. The van der Waals surface area contributed by atoms with E-state index in [1.165, 1.54) is 32.3 Å². The van der Waals surface area contributed by atoms with Crippen molar-refractivity contribution in [3.8, 4) is 0 Å². The maximum absolute atomic E-state index is 6.18. The fourth-order valence-electron chi connectivity index (χ4n) is 3.93. The average molecular weight is 365 g/mol. The van der Waals surface area contributed by atoms with Crippen LogP contribution in [0.2, 0.25) is 0 Å². The molecular weight excluding hydrogens is 340 g/mol. The Hall–Kier alpha value is -1.98. The molecule has 0 saturated carbocycles. The van der Waals surface area contributed by atoms with Crippen LogP contribution in [-0.4, -0.2) is 28.6 Å². The van der Waals surface area contributed by atoms with Crippen molar-refractivity contribution in [2.24, 2.45) is 0 Å². The maximum atomic E-state index is 6.18. The summed E-state index contributed by atoms with van der Waals surface area (Å²) < 4.78 is 18.5. The summed E-state index contributed by atoms with van der Waals surface area (Å²) in [5, 5.41) is 8.57. The molecule has 0 unspecified atom stereocenters. The van der Waals surface area contributed by atoms with Crippen LogP contribution >= 0.6 is 0 Å². The van der Waals surface area contributed by atoms with Gasteiger partial charge < -0.3 is 13.3 Å². The Bertz CT molecular complexity index is 1010. The van der Waals surface area contributed by atoms with Crippen molar-refractivity contribution in [1.29, 1.82) is 0 Å². The third kappa shape index (κ3) is 2.61. The molecule has 3 nitrogen and oxygen atoms in total. The van der Waals surface area contributed by atoms with Crippen LogP contribution < -0.4 is 5.19 Å². The highest BCUT2D eigenvalue weighted by Crippen LogP contribution is 2.34. The molecule has 0 bridgehead atoms. The first kappa shape index (κ1) is 17.4. The minimum Gasteiger partial charge on any atom is -0.370 e. The molecule has 0 aliphatic carbocycles. The van der Waals surface area contributed by atoms with Gasteiger partial charge in [0.1, 0.15) is 0 Å². The van der Waals surface area contributed by atoms with E-state index in [4.69, 9.17) is 13.3 Å². The molecule has 0 heterocycles. The molecule has 4 aromatic carbocycles. The van der Waals surface area contributed by atoms with Crippen molar-refractivity contribution < 1.29 is 13.3 Å². The molecule has 0 aliphatic heterocycles. The van der Waals surface area contributed by atoms with Crippen LogP contribution in [0.5, 0.6) is 0 Å². The molecule has 0 saturated heterocycles. The van der Waals surface area contributed by atoms with Gasteiger partial charge in [-0.3, -0.25) is 0 Å². The first-order chi connectivity index (χ1) is 12.7. The molecule has 0 aliphatic rings. The lowest BCUT2D eigenvalue weighted by Gasteiger charge is -2.30. The Balaban J connectivity index is 2.08. The highest BCUT2D eigenvalue weighted by molar-refractivity contribution is 6.78. The van der Waals surface area contributed by atoms with Crippen LogP contribution in [0.1, 0.15) is 20.8 Å². The van der Waals surface area contributed by atoms with Gasteiger partial charge in [-0.1, -0.05) is 54.6 Å². The van der Waals surface area contributed by atoms with Gasteiger partial charge in [0.15, 0.2) is 0 Å². The van der Waals surface area contributed by atoms with Gasteiger partial charge in [-0.05, 0) is 53.1 Å². The first-order valence-electron chi connectivity index (χ1n) is 9.33. The number of benzene rings is 4. The molecule has 0 N–H and O–H groups in total. The Morgan fingerprint density at radius 2 is 1.12 bits per heavy atom. The summed E-state index contributed by atoms with van der Waals surface area (Å²) in [5.74, 6) is 0. The Morgan fingerprint density at radius 1 is 0.615 bits per heavy atom. The third-order valence-corrected chi connectivity index (χ3v) is 7.96. The predicted octanol–water partition coefficient (Wildman–Crippen LogP) is 4.84. The van der Waals surface area contributed by atoms with Gasteiger partial charge in [-0.15, -0.1) is 0 Å². The second-order valence-corrected chi connectivity index (χ2v) is 8.84. The summed E-state index contributed by atoms with van der Waals surface area (Å²) in [4.78, 5) is 0. The SMILES string of the molecule is CCO[Si](OCC)(OCC)c1ccc2ccc3cccc4ccc1c2c34. The van der Waals surface area contributed by atoms with Crippen molar-refractivity contribution in [2.45, 2.75) is 20.8 Å². The van der Waals surface area contributed by atoms with Crippen LogP contribution in [0.4, 0.5) is 0 Å². The van der Waals surface area contributed by atoms with Crippen LogP contribution in [0, 0.1) is 0 Å². The standard InChI is InChI=1S/C22H24O3Si/c1-4-23-26(24-5-2,25-6-3)20-15-13-18-11-10-16-8-7-9-17-12-14-19(20)22(18)21(16)17/h7-15H,4-6H2,1-3H3. The summed E-state index contributed by atoms with van der Waals surface area (Å²) in [6, 6.07) is 19.5. The van der Waals surface area contributed by atoms with Crippen molar-refractivity contribution in [2.75, 3.05) is 19.8 Å². The van der Waals surface area contributed by atoms with E-state index in [2.05, 4.69) is 54.6 Å². The van der Waals surface area contributed by atoms with Gasteiger partial charge in [-0.25, -0.2) is 0 Å². The van der Waals surface area contributed by atoms with Gasteiger partial charge in [0, 0.05) is 25.0 Å². The van der Waals surface area contributed by atoms with Crippen molar-refractivity contribution in [3.63, 3.8) is 0 Å². The zero-order valence-corrected chi connectivity index (χ0v) is 16.5. The summed E-state index contributed by atoms with van der Waals surface area (Å²) in [6.45, 7) is 7.68. The van der Waals surface area contributed by atoms with Crippen molar-refractivity contribution in [3.05, 3.63) is 54.6 Å². The number of rotatable bonds is 7. The second-order valence-electron chi connectivity index (χ2n) is 6.32. The highest BCUT2D eigenvalue weighted by Gasteiger charge is 2.44. The monoisotopic (exact) mass is 364 g/mol. The van der Waals surface area contributed by atoms with E-state index < -0.39 is 8.80 Å². The van der Waals surface area contributed by atoms with Gasteiger partial charge in [-0.2, -0.15) is 0 Å². The maximum Gasteiger partial charge on any atom is 0.537 e. The molecule has 4 rings (SSSR count). The van der Waals surface area contributed by atoms with E-state index in [0.29, 0.717) is 19.8 Å². The molecule has 0 atom stereocenters. The molecule has 0 fully saturated rings. The van der Waals surface area contributed by atoms with Gasteiger partial charge in [0.25, 0.3) is 0 Å². The quantitative estimate of drug-likeness (QED) is 0.347. The zero-order valence-electron chi connectivity index (χ0n) is 15.5. The van der Waals surface area contributed by atoms with E-state index >= 15 is 0 Å². The fraction of sp³-hybridized carbons (Fsp3) is 0.273. The minimum absolute atomic E-state index is 0.564. The lowest BCUT2D eigenvalue weighted by molar-refractivity contribution is 0.0862. The summed E-state index contributed by atoms with van der Waals surface area (Å²) >= 11 is 0. The van der Waals surface area contributed by atoms with E-state index in [9.17, 15) is 0 Å². The lowest BCUT2D eigenvalue weighted by Crippen LogP contribution is -2.57. The summed E-state index contributed by atoms with van der Waals surface area (Å²) in [5.41, 5.74) is 0. The van der Waals surface area contributed by atoms with E-state index in [1.807, 2.05) is 20.8 Å². The molecule has 0 amide bonds. The van der Waals surface area contributed by atoms with Crippen molar-refractivity contribution in [1.82, 2.24) is 0 Å². The largest absolute Gasteiger partial charge is 0.537 e. The Morgan fingerprint density at radius 3 is 1.69 bits per heavy atom. The highest BCUT2D eigenvalue weighted by atomic mass is 28.4. The Labute approximate surface area is 155 Å². The van der Waals surface area contributed by atoms with Crippen LogP contribution in [-0.2, 0) is 13.3 Å². The van der Waals surface area contributed by atoms with Gasteiger partial charge >= 0.3 is 8.80 Å². The molecule has 26 heavy (non-hydrogen) atoms. The van der Waals surface area contributed by atoms with E-state index in [-0.39, 0.29) is 0 Å². The van der Waals surface area contributed by atoms with Crippen LogP contribution in [0.15, 0.2) is 54.6 Å². The number of hydrogen-bond acceptors (Lipinski definition) is 3. The zero-order chi connectivity index (χ0) is 18.1. The molecule has 134 valence electrons. The first-order valence-corrected chi connectivity index (χ1v) is 11.1. The van der Waals surface area contributed by atoms with E-state index in [1.54, 1.807) is 0 Å². The molecule has 4 aromatic rings. The topological polar surface area (TPSA) is 27.7 Å². The Kier molecular flexibility index (Phi) is 4.67. The summed E-state index contributed by atoms with van der Waals surface area (Å²) in [6.07, 6.45) is 0. The predicted molar refractivity (Wildman–Crippen MR) is 110 cm³/mol. The molecule has 4 heteroatoms. The average Bonchev–Trinajstić information content (AvgIpc) is 2.66. The van der Waals surface area contributed by atoms with Crippen molar-refractivity contribution >= 4 is 46.3 Å². The van der Waals surface area contributed by atoms with Gasteiger partial charge in [0.2, 0.25) is 0 Å². The van der Waals surface area contributed by atoms with E-state index in [0.717, 1.165) is 5.19 Å². The number of hydrogen-bond donors (Lipinski definition) is 0. The summed E-state index contributed by atoms with van der Waals surface area (Å²) in [7, 11) is -2.96. The van der Waals surface area contributed by atoms with Crippen LogP contribution in [0.3, 0.4) is 0 Å². The molecule has 0 aromatic heterocycles. The molecule has 0 radical (unpaired) electrons. The second kappa shape index (κ2) is 6.97. The molecule has 0 spiro atoms. The third-order valence-electron chi connectivity index (χ3n) is 4.86. The smallest absolute Gasteiger partial charge is 0.370 e. The normalized spacial score (nSPS) is 12.6. The fourth-order valence-corrected chi connectivity index (χ4v) is 6.61.